The second kappa shape index (κ2) is 9.56. The largest absolute Gasteiger partial charge is 0.490 e. The average Bonchev–Trinajstić information content (AvgIpc) is 3.28. The van der Waals surface area contributed by atoms with E-state index < -0.39 is 11.9 Å². The summed E-state index contributed by atoms with van der Waals surface area (Å²) in [6.07, 6.45) is 3.43. The molecule has 0 atom stereocenters. The Morgan fingerprint density at radius 3 is 2.69 bits per heavy atom. The predicted octanol–water partition coefficient (Wildman–Crippen LogP) is 3.64. The molecule has 0 aliphatic heterocycles. The Kier molecular flexibility index (Phi) is 6.87. The molecule has 154 valence electrons. The SMILES string of the molecule is CCOC(=O)c1c(NC(=O)COc2ccc(C=O)cc2OCC)sc2c1CCC2. The lowest BCUT2D eigenvalue weighted by atomic mass is 10.1. The summed E-state index contributed by atoms with van der Waals surface area (Å²) < 4.78 is 16.2. The van der Waals surface area contributed by atoms with Gasteiger partial charge in [-0.2, -0.15) is 0 Å². The van der Waals surface area contributed by atoms with Crippen LogP contribution < -0.4 is 14.8 Å². The smallest absolute Gasteiger partial charge is 0.341 e. The lowest BCUT2D eigenvalue weighted by Crippen LogP contribution is -2.21. The van der Waals surface area contributed by atoms with Gasteiger partial charge < -0.3 is 19.5 Å². The van der Waals surface area contributed by atoms with E-state index in [0.29, 0.717) is 40.5 Å². The second-order valence-electron chi connectivity index (χ2n) is 6.38. The zero-order valence-corrected chi connectivity index (χ0v) is 17.2. The first-order chi connectivity index (χ1) is 14.1. The van der Waals surface area contributed by atoms with E-state index in [4.69, 9.17) is 14.2 Å². The molecule has 0 saturated heterocycles. The lowest BCUT2D eigenvalue weighted by Gasteiger charge is -2.12. The summed E-state index contributed by atoms with van der Waals surface area (Å²) in [5, 5.41) is 3.28. The predicted molar refractivity (Wildman–Crippen MR) is 109 cm³/mol. The molecule has 1 aliphatic carbocycles. The van der Waals surface area contributed by atoms with E-state index >= 15 is 0 Å². The Bertz CT molecular complexity index is 920. The van der Waals surface area contributed by atoms with Crippen LogP contribution in [0.2, 0.25) is 0 Å². The Morgan fingerprint density at radius 1 is 1.14 bits per heavy atom. The Labute approximate surface area is 173 Å². The van der Waals surface area contributed by atoms with Crippen molar-refractivity contribution in [2.75, 3.05) is 25.1 Å². The van der Waals surface area contributed by atoms with Gasteiger partial charge in [0.25, 0.3) is 5.91 Å². The number of aldehydes is 1. The van der Waals surface area contributed by atoms with E-state index in [0.717, 1.165) is 29.7 Å². The summed E-state index contributed by atoms with van der Waals surface area (Å²) in [7, 11) is 0. The van der Waals surface area contributed by atoms with Crippen LogP contribution >= 0.6 is 11.3 Å². The maximum absolute atomic E-state index is 12.5. The van der Waals surface area contributed by atoms with Crippen LogP contribution in [0.4, 0.5) is 5.00 Å². The number of thiophene rings is 1. The summed E-state index contributed by atoms with van der Waals surface area (Å²) in [5.74, 6) is -0.0392. The highest BCUT2D eigenvalue weighted by Crippen LogP contribution is 2.39. The number of hydrogen-bond donors (Lipinski definition) is 1. The zero-order chi connectivity index (χ0) is 20.8. The van der Waals surface area contributed by atoms with Crippen molar-refractivity contribution in [2.45, 2.75) is 33.1 Å². The van der Waals surface area contributed by atoms with Crippen LogP contribution in [0.25, 0.3) is 0 Å². The highest BCUT2D eigenvalue weighted by atomic mass is 32.1. The number of ether oxygens (including phenoxy) is 3. The number of rotatable bonds is 9. The number of aryl methyl sites for hydroxylation is 1. The summed E-state index contributed by atoms with van der Waals surface area (Å²) in [6, 6.07) is 4.74. The van der Waals surface area contributed by atoms with Crippen LogP contribution in [0.15, 0.2) is 18.2 Å². The fourth-order valence-electron chi connectivity index (χ4n) is 3.20. The zero-order valence-electron chi connectivity index (χ0n) is 16.4. The number of carbonyl (C=O) groups is 3. The van der Waals surface area contributed by atoms with Gasteiger partial charge in [0.1, 0.15) is 11.3 Å². The first-order valence-corrected chi connectivity index (χ1v) is 10.3. The summed E-state index contributed by atoms with van der Waals surface area (Å²) in [4.78, 5) is 36.9. The molecule has 1 aromatic carbocycles. The third kappa shape index (κ3) is 4.76. The molecular formula is C21H23NO6S. The van der Waals surface area contributed by atoms with Crippen molar-refractivity contribution in [2.24, 2.45) is 0 Å². The molecular weight excluding hydrogens is 394 g/mol. The number of esters is 1. The molecule has 3 rings (SSSR count). The van der Waals surface area contributed by atoms with Gasteiger partial charge in [-0.1, -0.05) is 0 Å². The average molecular weight is 417 g/mol. The van der Waals surface area contributed by atoms with Crippen LogP contribution in [-0.4, -0.2) is 38.0 Å². The molecule has 0 unspecified atom stereocenters. The maximum atomic E-state index is 12.5. The molecule has 1 aliphatic rings. The topological polar surface area (TPSA) is 90.9 Å². The molecule has 1 heterocycles. The number of hydrogen-bond acceptors (Lipinski definition) is 7. The van der Waals surface area contributed by atoms with E-state index in [1.807, 2.05) is 6.92 Å². The standard InChI is InChI=1S/C21H23NO6S/c1-3-26-16-10-13(11-23)8-9-15(16)28-12-18(24)22-20-19(21(25)27-4-2)14-6-5-7-17(14)29-20/h8-11H,3-7,12H2,1-2H3,(H,22,24). The number of anilines is 1. The van der Waals surface area contributed by atoms with Crippen LogP contribution in [-0.2, 0) is 22.4 Å². The number of fused-ring (bicyclic) bond motifs is 1. The van der Waals surface area contributed by atoms with Crippen LogP contribution in [0.1, 0.15) is 51.4 Å². The molecule has 7 nitrogen and oxygen atoms in total. The molecule has 1 N–H and O–H groups in total. The number of nitrogens with one attached hydrogen (secondary N) is 1. The molecule has 0 radical (unpaired) electrons. The Hall–Kier alpha value is -2.87. The molecule has 2 aromatic rings. The summed E-state index contributed by atoms with van der Waals surface area (Å²) in [5.41, 5.74) is 1.90. The molecule has 1 aromatic heterocycles. The molecule has 0 fully saturated rings. The van der Waals surface area contributed by atoms with Gasteiger partial charge in [0.05, 0.1) is 18.8 Å². The van der Waals surface area contributed by atoms with Gasteiger partial charge in [-0.3, -0.25) is 9.59 Å². The highest BCUT2D eigenvalue weighted by Gasteiger charge is 2.28. The van der Waals surface area contributed by atoms with Crippen molar-refractivity contribution in [3.8, 4) is 11.5 Å². The molecule has 0 saturated carbocycles. The minimum absolute atomic E-state index is 0.259. The Balaban J connectivity index is 1.71. The van der Waals surface area contributed by atoms with Crippen LogP contribution in [0, 0.1) is 0 Å². The van der Waals surface area contributed by atoms with Gasteiger partial charge in [-0.25, -0.2) is 4.79 Å². The van der Waals surface area contributed by atoms with E-state index in [9.17, 15) is 14.4 Å². The van der Waals surface area contributed by atoms with Gasteiger partial charge in [0.15, 0.2) is 18.1 Å². The molecule has 8 heteroatoms. The van der Waals surface area contributed by atoms with Crippen molar-refractivity contribution in [3.63, 3.8) is 0 Å². The second-order valence-corrected chi connectivity index (χ2v) is 7.48. The Morgan fingerprint density at radius 2 is 1.97 bits per heavy atom. The van der Waals surface area contributed by atoms with Gasteiger partial charge in [0, 0.05) is 10.4 Å². The quantitative estimate of drug-likeness (QED) is 0.495. The number of benzene rings is 1. The third-order valence-corrected chi connectivity index (χ3v) is 5.62. The van der Waals surface area contributed by atoms with Gasteiger partial charge >= 0.3 is 5.97 Å². The first kappa shape index (κ1) is 20.9. The number of carbonyl (C=O) groups excluding carboxylic acids is 3. The van der Waals surface area contributed by atoms with Crippen molar-refractivity contribution in [3.05, 3.63) is 39.8 Å². The summed E-state index contributed by atoms with van der Waals surface area (Å²) in [6.45, 7) is 3.98. The van der Waals surface area contributed by atoms with E-state index in [2.05, 4.69) is 5.32 Å². The van der Waals surface area contributed by atoms with E-state index in [1.54, 1.807) is 25.1 Å². The monoisotopic (exact) mass is 417 g/mol. The third-order valence-electron chi connectivity index (χ3n) is 4.42. The van der Waals surface area contributed by atoms with Crippen molar-refractivity contribution >= 4 is 34.5 Å². The van der Waals surface area contributed by atoms with Crippen LogP contribution in [0.5, 0.6) is 11.5 Å². The minimum Gasteiger partial charge on any atom is -0.490 e. The van der Waals surface area contributed by atoms with Gasteiger partial charge in [-0.15, -0.1) is 11.3 Å². The van der Waals surface area contributed by atoms with E-state index in [1.165, 1.54) is 11.3 Å². The normalized spacial score (nSPS) is 12.2. The molecule has 1 amide bonds. The summed E-state index contributed by atoms with van der Waals surface area (Å²) >= 11 is 1.42. The fraction of sp³-hybridized carbons (Fsp3) is 0.381. The van der Waals surface area contributed by atoms with Crippen molar-refractivity contribution in [1.29, 1.82) is 0 Å². The molecule has 29 heavy (non-hydrogen) atoms. The molecule has 0 bridgehead atoms. The number of amides is 1. The minimum atomic E-state index is -0.411. The van der Waals surface area contributed by atoms with Gasteiger partial charge in [0.2, 0.25) is 0 Å². The highest BCUT2D eigenvalue weighted by molar-refractivity contribution is 7.17. The lowest BCUT2D eigenvalue weighted by molar-refractivity contribution is -0.118. The van der Waals surface area contributed by atoms with Crippen LogP contribution in [0.3, 0.4) is 0 Å². The van der Waals surface area contributed by atoms with Gasteiger partial charge in [-0.05, 0) is 56.9 Å². The maximum Gasteiger partial charge on any atom is 0.341 e. The fourth-order valence-corrected chi connectivity index (χ4v) is 4.50. The first-order valence-electron chi connectivity index (χ1n) is 9.53. The van der Waals surface area contributed by atoms with Crippen molar-refractivity contribution < 1.29 is 28.6 Å². The van der Waals surface area contributed by atoms with E-state index in [-0.39, 0.29) is 13.2 Å². The van der Waals surface area contributed by atoms with Crippen molar-refractivity contribution in [1.82, 2.24) is 0 Å². The molecule has 0 spiro atoms.